The first-order valence-corrected chi connectivity index (χ1v) is 11.5. The highest BCUT2D eigenvalue weighted by atomic mass is 32.2. The third-order valence-corrected chi connectivity index (χ3v) is 7.84. The van der Waals surface area contributed by atoms with E-state index in [4.69, 9.17) is 4.74 Å². The number of anilines is 1. The Balaban J connectivity index is 1.36. The number of hydrogen-bond donors (Lipinski definition) is 0. The molecule has 1 fully saturated rings. The third-order valence-electron chi connectivity index (χ3n) is 5.95. The van der Waals surface area contributed by atoms with Crippen molar-refractivity contribution in [3.8, 4) is 0 Å². The third kappa shape index (κ3) is 3.24. The van der Waals surface area contributed by atoms with Gasteiger partial charge in [0, 0.05) is 24.7 Å². The Morgan fingerprint density at radius 1 is 0.867 bits per heavy atom. The second kappa shape index (κ2) is 7.41. The van der Waals surface area contributed by atoms with Crippen molar-refractivity contribution in [3.63, 3.8) is 0 Å². The number of carbonyl (C=O) groups is 1. The van der Waals surface area contributed by atoms with Gasteiger partial charge in [0.25, 0.3) is 0 Å². The number of rotatable bonds is 3. The molecule has 6 nitrogen and oxygen atoms in total. The summed E-state index contributed by atoms with van der Waals surface area (Å²) < 4.78 is 33.2. The van der Waals surface area contributed by atoms with E-state index >= 15 is 0 Å². The van der Waals surface area contributed by atoms with E-state index in [9.17, 15) is 13.2 Å². The van der Waals surface area contributed by atoms with Gasteiger partial charge in [-0.25, -0.2) is 13.2 Å². The van der Waals surface area contributed by atoms with Gasteiger partial charge in [0.1, 0.15) is 6.61 Å². The molecule has 3 aromatic rings. The van der Waals surface area contributed by atoms with Crippen LogP contribution in [0.4, 0.5) is 10.5 Å². The Kier molecular flexibility index (Phi) is 4.72. The zero-order valence-corrected chi connectivity index (χ0v) is 17.2. The van der Waals surface area contributed by atoms with Crippen molar-refractivity contribution < 1.29 is 17.9 Å². The second-order valence-electron chi connectivity index (χ2n) is 7.70. The lowest BCUT2D eigenvalue weighted by molar-refractivity contribution is 0.136. The molecule has 0 radical (unpaired) electrons. The Morgan fingerprint density at radius 2 is 1.57 bits per heavy atom. The molecule has 0 bridgehead atoms. The number of hydrogen-bond acceptors (Lipinski definition) is 4. The predicted octanol–water partition coefficient (Wildman–Crippen LogP) is 4.15. The molecule has 0 unspecified atom stereocenters. The van der Waals surface area contributed by atoms with Crippen LogP contribution in [0.3, 0.4) is 0 Å². The van der Waals surface area contributed by atoms with Crippen LogP contribution < -0.4 is 4.90 Å². The molecule has 30 heavy (non-hydrogen) atoms. The molecular weight excluding hydrogens is 400 g/mol. The SMILES string of the molecule is O=C1OCc2ccccc2N1C1CCN(S(=O)(=O)c2ccc3ccccc3c2)CC1. The Morgan fingerprint density at radius 3 is 2.37 bits per heavy atom. The van der Waals surface area contributed by atoms with E-state index in [0.29, 0.717) is 30.8 Å². The van der Waals surface area contributed by atoms with E-state index in [-0.39, 0.29) is 18.7 Å². The molecule has 0 atom stereocenters. The molecule has 1 amide bonds. The number of sulfonamides is 1. The van der Waals surface area contributed by atoms with E-state index in [1.807, 2.05) is 54.6 Å². The minimum absolute atomic E-state index is 0.0815. The fourth-order valence-corrected chi connectivity index (χ4v) is 5.84. The van der Waals surface area contributed by atoms with Gasteiger partial charge in [-0.2, -0.15) is 4.31 Å². The van der Waals surface area contributed by atoms with Gasteiger partial charge in [0.2, 0.25) is 10.0 Å². The van der Waals surface area contributed by atoms with Gasteiger partial charge >= 0.3 is 6.09 Å². The van der Waals surface area contributed by atoms with Crippen molar-refractivity contribution in [1.82, 2.24) is 4.31 Å². The van der Waals surface area contributed by atoms with Crippen molar-refractivity contribution in [1.29, 1.82) is 0 Å². The highest BCUT2D eigenvalue weighted by molar-refractivity contribution is 7.89. The first-order valence-electron chi connectivity index (χ1n) is 10.1. The number of cyclic esters (lactones) is 1. The molecular formula is C23H22N2O4S. The lowest BCUT2D eigenvalue weighted by Gasteiger charge is -2.39. The zero-order chi connectivity index (χ0) is 20.7. The summed E-state index contributed by atoms with van der Waals surface area (Å²) in [6.45, 7) is 1.01. The number of carbonyl (C=O) groups excluding carboxylic acids is 1. The number of benzene rings is 3. The summed E-state index contributed by atoms with van der Waals surface area (Å²) in [5.41, 5.74) is 1.84. The summed E-state index contributed by atoms with van der Waals surface area (Å²) in [7, 11) is -3.58. The quantitative estimate of drug-likeness (QED) is 0.636. The van der Waals surface area contributed by atoms with Gasteiger partial charge in [-0.05, 0) is 41.8 Å². The number of fused-ring (bicyclic) bond motifs is 2. The maximum atomic E-state index is 13.2. The van der Waals surface area contributed by atoms with Gasteiger partial charge in [-0.15, -0.1) is 0 Å². The number of nitrogens with zero attached hydrogens (tertiary/aromatic N) is 2. The topological polar surface area (TPSA) is 66.9 Å². The van der Waals surface area contributed by atoms with E-state index in [1.54, 1.807) is 17.0 Å². The van der Waals surface area contributed by atoms with Crippen LogP contribution in [0.15, 0.2) is 71.6 Å². The summed E-state index contributed by atoms with van der Waals surface area (Å²) in [4.78, 5) is 14.5. The van der Waals surface area contributed by atoms with Crippen LogP contribution in [0, 0.1) is 0 Å². The van der Waals surface area contributed by atoms with Crippen LogP contribution in [0.2, 0.25) is 0 Å². The second-order valence-corrected chi connectivity index (χ2v) is 9.64. The smallest absolute Gasteiger partial charge is 0.414 e. The minimum atomic E-state index is -3.58. The van der Waals surface area contributed by atoms with E-state index < -0.39 is 10.0 Å². The normalized spacial score (nSPS) is 18.3. The summed E-state index contributed by atoms with van der Waals surface area (Å²) >= 11 is 0. The highest BCUT2D eigenvalue weighted by Crippen LogP contribution is 2.33. The number of para-hydroxylation sites is 1. The molecule has 7 heteroatoms. The molecule has 2 aliphatic rings. The molecule has 3 aromatic carbocycles. The van der Waals surface area contributed by atoms with E-state index in [0.717, 1.165) is 22.0 Å². The van der Waals surface area contributed by atoms with Gasteiger partial charge in [-0.1, -0.05) is 48.5 Å². The summed E-state index contributed by atoms with van der Waals surface area (Å²) in [6.07, 6.45) is 0.775. The van der Waals surface area contributed by atoms with Crippen LogP contribution in [0.25, 0.3) is 10.8 Å². The average molecular weight is 423 g/mol. The summed E-state index contributed by atoms with van der Waals surface area (Å²) in [6, 6.07) is 20.6. The zero-order valence-electron chi connectivity index (χ0n) is 16.4. The van der Waals surface area contributed by atoms with Crippen LogP contribution >= 0.6 is 0 Å². The Bertz CT molecular complexity index is 1220. The predicted molar refractivity (Wildman–Crippen MR) is 115 cm³/mol. The molecule has 0 N–H and O–H groups in total. The molecule has 154 valence electrons. The van der Waals surface area contributed by atoms with Crippen molar-refractivity contribution in [2.24, 2.45) is 0 Å². The first kappa shape index (κ1) is 19.1. The minimum Gasteiger partial charge on any atom is -0.444 e. The first-order chi connectivity index (χ1) is 14.5. The maximum absolute atomic E-state index is 13.2. The van der Waals surface area contributed by atoms with Crippen molar-refractivity contribution in [3.05, 3.63) is 72.3 Å². The molecule has 0 saturated carbocycles. The molecule has 0 spiro atoms. The van der Waals surface area contributed by atoms with Crippen molar-refractivity contribution in [2.45, 2.75) is 30.4 Å². The molecule has 2 heterocycles. The van der Waals surface area contributed by atoms with Crippen LogP contribution in [0.5, 0.6) is 0 Å². The Hall–Kier alpha value is -2.90. The number of ether oxygens (including phenoxy) is 1. The molecule has 1 saturated heterocycles. The lowest BCUT2D eigenvalue weighted by Crippen LogP contribution is -2.50. The molecule has 0 aliphatic carbocycles. The summed E-state index contributed by atoms with van der Waals surface area (Å²) in [5.74, 6) is 0. The van der Waals surface area contributed by atoms with E-state index in [2.05, 4.69) is 0 Å². The fourth-order valence-electron chi connectivity index (χ4n) is 4.34. The number of piperidine rings is 1. The maximum Gasteiger partial charge on any atom is 0.414 e. The van der Waals surface area contributed by atoms with Gasteiger partial charge in [0.05, 0.1) is 10.6 Å². The lowest BCUT2D eigenvalue weighted by atomic mass is 10.0. The fraction of sp³-hybridized carbons (Fsp3) is 0.261. The molecule has 5 rings (SSSR count). The monoisotopic (exact) mass is 422 g/mol. The Labute approximate surface area is 175 Å². The van der Waals surface area contributed by atoms with Crippen molar-refractivity contribution in [2.75, 3.05) is 18.0 Å². The van der Waals surface area contributed by atoms with Gasteiger partial charge < -0.3 is 4.74 Å². The van der Waals surface area contributed by atoms with E-state index in [1.165, 1.54) is 4.31 Å². The molecule has 2 aliphatic heterocycles. The highest BCUT2D eigenvalue weighted by Gasteiger charge is 2.37. The van der Waals surface area contributed by atoms with Crippen molar-refractivity contribution >= 4 is 32.6 Å². The van der Waals surface area contributed by atoms with Gasteiger partial charge in [0.15, 0.2) is 0 Å². The number of amides is 1. The van der Waals surface area contributed by atoms with Crippen LogP contribution in [-0.2, 0) is 21.4 Å². The molecule has 0 aromatic heterocycles. The van der Waals surface area contributed by atoms with Crippen LogP contribution in [0.1, 0.15) is 18.4 Å². The standard InChI is InChI=1S/C23H22N2O4S/c26-23-25(22-8-4-3-7-19(22)16-29-23)20-11-13-24(14-12-20)30(27,28)21-10-9-17-5-1-2-6-18(17)15-21/h1-10,15,20H,11-14,16H2. The largest absolute Gasteiger partial charge is 0.444 e. The summed E-state index contributed by atoms with van der Waals surface area (Å²) in [5, 5.41) is 1.92. The van der Waals surface area contributed by atoms with Gasteiger partial charge in [-0.3, -0.25) is 4.90 Å². The van der Waals surface area contributed by atoms with Crippen LogP contribution in [-0.4, -0.2) is 37.9 Å². The average Bonchev–Trinajstić information content (AvgIpc) is 2.79.